The number of rotatable bonds is 1. The Hall–Kier alpha value is -2.56. The van der Waals surface area contributed by atoms with Crippen molar-refractivity contribution >= 4 is 17.3 Å². The summed E-state index contributed by atoms with van der Waals surface area (Å²) in [5, 5.41) is 9.97. The Morgan fingerprint density at radius 3 is 2.75 bits per heavy atom. The average Bonchev–Trinajstić information content (AvgIpc) is 2.39. The van der Waals surface area contributed by atoms with Gasteiger partial charge >= 0.3 is 5.97 Å². The molecule has 1 N–H and O–H groups in total. The van der Waals surface area contributed by atoms with Gasteiger partial charge in [0.25, 0.3) is 0 Å². The zero-order valence-electron chi connectivity index (χ0n) is 11.0. The van der Waals surface area contributed by atoms with Crippen LogP contribution in [0.1, 0.15) is 22.8 Å². The molecular formula is C15H12O5. The molecule has 0 saturated carbocycles. The van der Waals surface area contributed by atoms with Crippen molar-refractivity contribution in [2.45, 2.75) is 12.5 Å². The van der Waals surface area contributed by atoms with Crippen LogP contribution in [0.15, 0.2) is 30.4 Å². The topological polar surface area (TPSA) is 72.8 Å². The minimum Gasteiger partial charge on any atom is -0.507 e. The maximum atomic E-state index is 12.1. The molecule has 0 amide bonds. The van der Waals surface area contributed by atoms with Crippen LogP contribution >= 0.6 is 0 Å². The molecule has 0 aromatic heterocycles. The molecule has 20 heavy (non-hydrogen) atoms. The van der Waals surface area contributed by atoms with Crippen molar-refractivity contribution in [3.63, 3.8) is 0 Å². The fraction of sp³-hybridized carbons (Fsp3) is 0.200. The number of allylic oxidation sites excluding steroid dienone is 2. The SMILES string of the molecule is COc1cc(O)c2c(c1)C1=CC(=O)C=CC1(C)OC2=O. The first-order valence-corrected chi connectivity index (χ1v) is 6.05. The van der Waals surface area contributed by atoms with Crippen LogP contribution in [-0.4, -0.2) is 29.6 Å². The molecule has 0 spiro atoms. The van der Waals surface area contributed by atoms with Gasteiger partial charge in [0.2, 0.25) is 0 Å². The number of benzene rings is 1. The van der Waals surface area contributed by atoms with Crippen LogP contribution in [0.5, 0.6) is 11.5 Å². The van der Waals surface area contributed by atoms with E-state index in [2.05, 4.69) is 0 Å². The van der Waals surface area contributed by atoms with Crippen molar-refractivity contribution in [1.29, 1.82) is 0 Å². The van der Waals surface area contributed by atoms with Gasteiger partial charge < -0.3 is 14.6 Å². The molecule has 2 aliphatic rings. The summed E-state index contributed by atoms with van der Waals surface area (Å²) in [5.41, 5.74) is 0.0429. The van der Waals surface area contributed by atoms with Crippen molar-refractivity contribution in [2.24, 2.45) is 0 Å². The van der Waals surface area contributed by atoms with Gasteiger partial charge in [-0.25, -0.2) is 4.79 Å². The third-order valence-electron chi connectivity index (χ3n) is 3.51. The van der Waals surface area contributed by atoms with E-state index < -0.39 is 11.6 Å². The number of aromatic hydroxyl groups is 1. The number of ether oxygens (including phenoxy) is 2. The van der Waals surface area contributed by atoms with Gasteiger partial charge in [0.1, 0.15) is 17.1 Å². The van der Waals surface area contributed by atoms with Crippen molar-refractivity contribution in [2.75, 3.05) is 7.11 Å². The molecule has 5 heteroatoms. The number of ketones is 1. The summed E-state index contributed by atoms with van der Waals surface area (Å²) in [7, 11) is 1.46. The predicted molar refractivity (Wildman–Crippen MR) is 70.6 cm³/mol. The van der Waals surface area contributed by atoms with Crippen LogP contribution in [0.3, 0.4) is 0 Å². The van der Waals surface area contributed by atoms with Crippen LogP contribution in [0.25, 0.3) is 5.57 Å². The zero-order valence-corrected chi connectivity index (χ0v) is 11.0. The first kappa shape index (κ1) is 12.5. The van der Waals surface area contributed by atoms with Crippen LogP contribution in [0.4, 0.5) is 0 Å². The Balaban J connectivity index is 2.31. The number of carbonyl (C=O) groups is 2. The highest BCUT2D eigenvalue weighted by molar-refractivity contribution is 6.12. The Morgan fingerprint density at radius 1 is 1.30 bits per heavy atom. The van der Waals surface area contributed by atoms with Crippen molar-refractivity contribution in [3.05, 3.63) is 41.5 Å². The maximum Gasteiger partial charge on any atom is 0.343 e. The minimum absolute atomic E-state index is 0.0534. The smallest absolute Gasteiger partial charge is 0.343 e. The second-order valence-corrected chi connectivity index (χ2v) is 4.86. The molecule has 102 valence electrons. The Morgan fingerprint density at radius 2 is 2.05 bits per heavy atom. The third kappa shape index (κ3) is 1.63. The number of hydrogen-bond acceptors (Lipinski definition) is 5. The molecular weight excluding hydrogens is 260 g/mol. The van der Waals surface area contributed by atoms with Gasteiger partial charge in [-0.05, 0) is 31.2 Å². The Bertz CT molecular complexity index is 698. The molecule has 0 saturated heterocycles. The van der Waals surface area contributed by atoms with E-state index >= 15 is 0 Å². The molecule has 1 atom stereocenters. The van der Waals surface area contributed by atoms with Gasteiger partial charge in [0.05, 0.1) is 7.11 Å². The van der Waals surface area contributed by atoms with E-state index in [4.69, 9.17) is 9.47 Å². The van der Waals surface area contributed by atoms with Gasteiger partial charge in [-0.3, -0.25) is 4.79 Å². The summed E-state index contributed by atoms with van der Waals surface area (Å²) in [6, 6.07) is 2.95. The number of fused-ring (bicyclic) bond motifs is 3. The number of esters is 1. The molecule has 1 aliphatic heterocycles. The molecule has 0 bridgehead atoms. The number of methoxy groups -OCH3 is 1. The summed E-state index contributed by atoms with van der Waals surface area (Å²) in [5.74, 6) is -0.641. The lowest BCUT2D eigenvalue weighted by Gasteiger charge is -2.36. The van der Waals surface area contributed by atoms with E-state index in [9.17, 15) is 14.7 Å². The van der Waals surface area contributed by atoms with E-state index in [0.29, 0.717) is 16.9 Å². The molecule has 1 aliphatic carbocycles. The van der Waals surface area contributed by atoms with Crippen molar-refractivity contribution in [1.82, 2.24) is 0 Å². The minimum atomic E-state index is -1.00. The molecule has 1 aromatic carbocycles. The summed E-state index contributed by atoms with van der Waals surface area (Å²) in [6.07, 6.45) is 4.31. The Labute approximate surface area is 115 Å². The summed E-state index contributed by atoms with van der Waals surface area (Å²) >= 11 is 0. The first-order valence-electron chi connectivity index (χ1n) is 6.05. The number of phenols is 1. The summed E-state index contributed by atoms with van der Waals surface area (Å²) in [4.78, 5) is 23.7. The van der Waals surface area contributed by atoms with Crippen molar-refractivity contribution in [3.8, 4) is 11.5 Å². The largest absolute Gasteiger partial charge is 0.507 e. The fourth-order valence-electron chi connectivity index (χ4n) is 2.49. The number of carbonyl (C=O) groups excluding carboxylic acids is 2. The number of hydrogen-bond donors (Lipinski definition) is 1. The van der Waals surface area contributed by atoms with Gasteiger partial charge in [-0.2, -0.15) is 0 Å². The highest BCUT2D eigenvalue weighted by Gasteiger charge is 2.42. The highest BCUT2D eigenvalue weighted by Crippen LogP contribution is 2.44. The molecule has 3 rings (SSSR count). The van der Waals surface area contributed by atoms with Gasteiger partial charge in [0.15, 0.2) is 11.4 Å². The van der Waals surface area contributed by atoms with Crippen LogP contribution < -0.4 is 4.74 Å². The quantitative estimate of drug-likeness (QED) is 0.790. The highest BCUT2D eigenvalue weighted by atomic mass is 16.6. The predicted octanol–water partition coefficient (Wildman–Crippen LogP) is 1.85. The second kappa shape index (κ2) is 3.96. The van der Waals surface area contributed by atoms with Gasteiger partial charge in [0, 0.05) is 17.2 Å². The summed E-state index contributed by atoms with van der Waals surface area (Å²) in [6.45, 7) is 1.69. The molecule has 5 nitrogen and oxygen atoms in total. The molecule has 0 radical (unpaired) electrons. The summed E-state index contributed by atoms with van der Waals surface area (Å²) < 4.78 is 10.5. The molecule has 1 aromatic rings. The normalized spacial score (nSPS) is 23.6. The van der Waals surface area contributed by atoms with Crippen LogP contribution in [0, 0.1) is 0 Å². The lowest BCUT2D eigenvalue weighted by molar-refractivity contribution is -0.110. The lowest BCUT2D eigenvalue weighted by atomic mass is 9.80. The van der Waals surface area contributed by atoms with E-state index in [0.717, 1.165) is 0 Å². The third-order valence-corrected chi connectivity index (χ3v) is 3.51. The molecule has 1 unspecified atom stereocenters. The van der Waals surface area contributed by atoms with Crippen molar-refractivity contribution < 1.29 is 24.2 Å². The van der Waals surface area contributed by atoms with Crippen LogP contribution in [-0.2, 0) is 9.53 Å². The van der Waals surface area contributed by atoms with Gasteiger partial charge in [-0.1, -0.05) is 0 Å². The van der Waals surface area contributed by atoms with E-state index in [1.54, 1.807) is 19.1 Å². The fourth-order valence-corrected chi connectivity index (χ4v) is 2.49. The van der Waals surface area contributed by atoms with Gasteiger partial charge in [-0.15, -0.1) is 0 Å². The average molecular weight is 272 g/mol. The van der Waals surface area contributed by atoms with Crippen LogP contribution in [0.2, 0.25) is 0 Å². The molecule has 1 heterocycles. The first-order chi connectivity index (χ1) is 9.44. The number of phenolic OH excluding ortho intramolecular Hbond substituents is 1. The maximum absolute atomic E-state index is 12.1. The second-order valence-electron chi connectivity index (χ2n) is 4.86. The lowest BCUT2D eigenvalue weighted by Crippen LogP contribution is -2.38. The zero-order chi connectivity index (χ0) is 14.5. The standard InChI is InChI=1S/C15H12O5/c1-15-4-3-8(16)5-11(15)10-6-9(19-2)7-12(17)13(10)14(18)20-15/h3-7,17H,1-2H3. The van der Waals surface area contributed by atoms with E-state index in [1.807, 2.05) is 0 Å². The molecule has 0 fully saturated rings. The van der Waals surface area contributed by atoms with E-state index in [-0.39, 0.29) is 17.1 Å². The van der Waals surface area contributed by atoms with E-state index in [1.165, 1.54) is 25.3 Å². The monoisotopic (exact) mass is 272 g/mol. The Kier molecular flexibility index (Phi) is 2.47.